The van der Waals surface area contributed by atoms with Gasteiger partial charge in [0.1, 0.15) is 0 Å². The Labute approximate surface area is 129 Å². The normalized spacial score (nSPS) is 10.3. The number of nitro benzene ring substituents is 1. The van der Waals surface area contributed by atoms with Gasteiger partial charge in [-0.2, -0.15) is 0 Å². The van der Waals surface area contributed by atoms with Crippen LogP contribution in [0.2, 0.25) is 0 Å². The summed E-state index contributed by atoms with van der Waals surface area (Å²) in [6.45, 7) is 4.35. The van der Waals surface area contributed by atoms with Crippen LogP contribution < -0.4 is 4.90 Å². The number of amides is 1. The number of para-hydroxylation sites is 2. The van der Waals surface area contributed by atoms with Crippen molar-refractivity contribution < 1.29 is 9.72 Å². The fraction of sp³-hybridized carbons (Fsp3) is 0.235. The predicted molar refractivity (Wildman–Crippen MR) is 86.0 cm³/mol. The number of hydrogen-bond donors (Lipinski definition) is 0. The highest BCUT2D eigenvalue weighted by Gasteiger charge is 2.20. The molecule has 0 aliphatic rings. The van der Waals surface area contributed by atoms with Crippen molar-refractivity contribution in [1.82, 2.24) is 0 Å². The highest BCUT2D eigenvalue weighted by atomic mass is 16.6. The highest BCUT2D eigenvalue weighted by molar-refractivity contribution is 5.95. The van der Waals surface area contributed by atoms with Gasteiger partial charge in [0.2, 0.25) is 5.91 Å². The Morgan fingerprint density at radius 1 is 1.14 bits per heavy atom. The molecule has 22 heavy (non-hydrogen) atoms. The van der Waals surface area contributed by atoms with Gasteiger partial charge in [-0.05, 0) is 25.5 Å². The predicted octanol–water partition coefficient (Wildman–Crippen LogP) is 3.50. The Bertz CT molecular complexity index is 698. The minimum Gasteiger partial charge on any atom is -0.312 e. The fourth-order valence-electron chi connectivity index (χ4n) is 2.44. The van der Waals surface area contributed by atoms with Crippen molar-refractivity contribution >= 4 is 17.3 Å². The van der Waals surface area contributed by atoms with Crippen LogP contribution in [0.4, 0.5) is 11.4 Å². The summed E-state index contributed by atoms with van der Waals surface area (Å²) >= 11 is 0. The monoisotopic (exact) mass is 298 g/mol. The molecular weight excluding hydrogens is 280 g/mol. The largest absolute Gasteiger partial charge is 0.312 e. The van der Waals surface area contributed by atoms with Crippen molar-refractivity contribution in [3.63, 3.8) is 0 Å². The molecule has 0 spiro atoms. The molecule has 0 aliphatic heterocycles. The van der Waals surface area contributed by atoms with E-state index in [1.165, 1.54) is 6.07 Å². The third-order valence-corrected chi connectivity index (χ3v) is 3.55. The first kappa shape index (κ1) is 15.7. The third kappa shape index (κ3) is 3.31. The summed E-state index contributed by atoms with van der Waals surface area (Å²) in [6, 6.07) is 14.0. The molecule has 0 bridgehead atoms. The number of benzene rings is 2. The van der Waals surface area contributed by atoms with E-state index < -0.39 is 4.92 Å². The summed E-state index contributed by atoms with van der Waals surface area (Å²) in [5.41, 5.74) is 2.26. The van der Waals surface area contributed by atoms with Crippen LogP contribution in [-0.2, 0) is 11.2 Å². The van der Waals surface area contributed by atoms with Gasteiger partial charge in [0.25, 0.3) is 5.69 Å². The highest BCUT2D eigenvalue weighted by Crippen LogP contribution is 2.23. The van der Waals surface area contributed by atoms with E-state index in [0.29, 0.717) is 12.1 Å². The lowest BCUT2D eigenvalue weighted by Gasteiger charge is -2.23. The summed E-state index contributed by atoms with van der Waals surface area (Å²) in [7, 11) is 0. The molecule has 5 nitrogen and oxygen atoms in total. The van der Waals surface area contributed by atoms with Gasteiger partial charge in [-0.25, -0.2) is 0 Å². The molecule has 1 amide bonds. The van der Waals surface area contributed by atoms with E-state index in [1.807, 2.05) is 38.1 Å². The Morgan fingerprint density at radius 2 is 1.77 bits per heavy atom. The number of hydrogen-bond acceptors (Lipinski definition) is 3. The quantitative estimate of drug-likeness (QED) is 0.627. The van der Waals surface area contributed by atoms with Crippen molar-refractivity contribution in [1.29, 1.82) is 0 Å². The molecule has 0 unspecified atom stereocenters. The first-order valence-corrected chi connectivity index (χ1v) is 7.13. The Kier molecular flexibility index (Phi) is 4.88. The van der Waals surface area contributed by atoms with Crippen LogP contribution in [0.1, 0.15) is 18.1 Å². The van der Waals surface area contributed by atoms with E-state index >= 15 is 0 Å². The zero-order valence-electron chi connectivity index (χ0n) is 12.7. The summed E-state index contributed by atoms with van der Waals surface area (Å²) in [5, 5.41) is 11.0. The number of likely N-dealkylation sites (N-methyl/N-ethyl adjacent to an activating group) is 1. The number of nitro groups is 1. The third-order valence-electron chi connectivity index (χ3n) is 3.55. The van der Waals surface area contributed by atoms with Crippen molar-refractivity contribution in [2.45, 2.75) is 20.3 Å². The SMILES string of the molecule is CCN(C(=O)Cc1ccccc1[N+](=O)[O-])c1ccccc1C. The van der Waals surface area contributed by atoms with Crippen molar-refractivity contribution in [2.75, 3.05) is 11.4 Å². The molecule has 0 radical (unpaired) electrons. The van der Waals surface area contributed by atoms with E-state index in [9.17, 15) is 14.9 Å². The molecule has 0 heterocycles. The van der Waals surface area contributed by atoms with Crippen LogP contribution in [0.25, 0.3) is 0 Å². The van der Waals surface area contributed by atoms with Crippen LogP contribution in [0.15, 0.2) is 48.5 Å². The summed E-state index contributed by atoms with van der Waals surface area (Å²) < 4.78 is 0. The maximum atomic E-state index is 12.6. The Hall–Kier alpha value is -2.69. The van der Waals surface area contributed by atoms with Gasteiger partial charge in [0, 0.05) is 23.9 Å². The molecule has 2 rings (SSSR count). The van der Waals surface area contributed by atoms with Crippen LogP contribution in [0.5, 0.6) is 0 Å². The van der Waals surface area contributed by atoms with Crippen LogP contribution >= 0.6 is 0 Å². The lowest BCUT2D eigenvalue weighted by Crippen LogP contribution is -2.32. The number of anilines is 1. The van der Waals surface area contributed by atoms with Crippen LogP contribution in [0, 0.1) is 17.0 Å². The minimum absolute atomic E-state index is 0.0132. The number of nitrogens with zero attached hydrogens (tertiary/aromatic N) is 2. The van der Waals surface area contributed by atoms with Crippen molar-refractivity contribution in [3.05, 3.63) is 69.8 Å². The number of aryl methyl sites for hydroxylation is 1. The molecule has 0 N–H and O–H groups in total. The van der Waals surface area contributed by atoms with E-state index in [4.69, 9.17) is 0 Å². The average Bonchev–Trinajstić information content (AvgIpc) is 2.50. The molecular formula is C17H18N2O3. The Morgan fingerprint density at radius 3 is 2.41 bits per heavy atom. The van der Waals surface area contributed by atoms with Gasteiger partial charge in [0.15, 0.2) is 0 Å². The number of carbonyl (C=O) groups is 1. The van der Waals surface area contributed by atoms with Crippen LogP contribution in [0.3, 0.4) is 0 Å². The second-order valence-corrected chi connectivity index (χ2v) is 4.99. The first-order chi connectivity index (χ1) is 10.5. The zero-order chi connectivity index (χ0) is 16.1. The molecule has 2 aromatic rings. The van der Waals surface area contributed by atoms with Gasteiger partial charge in [-0.15, -0.1) is 0 Å². The average molecular weight is 298 g/mol. The van der Waals surface area contributed by atoms with E-state index in [1.54, 1.807) is 23.1 Å². The van der Waals surface area contributed by atoms with Gasteiger partial charge in [-0.1, -0.05) is 36.4 Å². The van der Waals surface area contributed by atoms with Gasteiger partial charge in [-0.3, -0.25) is 14.9 Å². The molecule has 0 atom stereocenters. The molecule has 0 aliphatic carbocycles. The van der Waals surface area contributed by atoms with Crippen LogP contribution in [-0.4, -0.2) is 17.4 Å². The second-order valence-electron chi connectivity index (χ2n) is 4.99. The summed E-state index contributed by atoms with van der Waals surface area (Å²) in [6.07, 6.45) is 0.0132. The van der Waals surface area contributed by atoms with E-state index in [0.717, 1.165) is 11.3 Å². The lowest BCUT2D eigenvalue weighted by molar-refractivity contribution is -0.385. The van der Waals surface area contributed by atoms with Gasteiger partial charge < -0.3 is 4.90 Å². The molecule has 114 valence electrons. The minimum atomic E-state index is -0.452. The molecule has 0 saturated heterocycles. The van der Waals surface area contributed by atoms with Crippen molar-refractivity contribution in [3.8, 4) is 0 Å². The fourth-order valence-corrected chi connectivity index (χ4v) is 2.44. The lowest BCUT2D eigenvalue weighted by atomic mass is 10.1. The summed E-state index contributed by atoms with van der Waals surface area (Å²) in [5.74, 6) is -0.147. The maximum Gasteiger partial charge on any atom is 0.273 e. The second kappa shape index (κ2) is 6.85. The van der Waals surface area contributed by atoms with Crippen molar-refractivity contribution in [2.24, 2.45) is 0 Å². The van der Waals surface area contributed by atoms with E-state index in [-0.39, 0.29) is 18.0 Å². The zero-order valence-corrected chi connectivity index (χ0v) is 12.7. The number of carbonyl (C=O) groups excluding carboxylic acids is 1. The number of rotatable bonds is 5. The topological polar surface area (TPSA) is 63.5 Å². The smallest absolute Gasteiger partial charge is 0.273 e. The molecule has 5 heteroatoms. The molecule has 2 aromatic carbocycles. The first-order valence-electron chi connectivity index (χ1n) is 7.13. The molecule has 0 aromatic heterocycles. The van der Waals surface area contributed by atoms with E-state index in [2.05, 4.69) is 0 Å². The molecule has 0 saturated carbocycles. The Balaban J connectivity index is 2.28. The maximum absolute atomic E-state index is 12.6. The van der Waals surface area contributed by atoms with Gasteiger partial charge in [0.05, 0.1) is 11.3 Å². The summed E-state index contributed by atoms with van der Waals surface area (Å²) in [4.78, 5) is 24.8. The molecule has 0 fully saturated rings. The van der Waals surface area contributed by atoms with Gasteiger partial charge >= 0.3 is 0 Å². The standard InChI is InChI=1S/C17H18N2O3/c1-3-18(15-10-6-4-8-13(15)2)17(20)12-14-9-5-7-11-16(14)19(21)22/h4-11H,3,12H2,1-2H3.